The first-order valence-corrected chi connectivity index (χ1v) is 13.9. The van der Waals surface area contributed by atoms with Crippen LogP contribution in [0.3, 0.4) is 0 Å². The van der Waals surface area contributed by atoms with Crippen LogP contribution < -0.4 is 10.5 Å². The zero-order chi connectivity index (χ0) is 27.3. The Morgan fingerprint density at radius 2 is 1.28 bits per heavy atom. The predicted molar refractivity (Wildman–Crippen MR) is 159 cm³/mol. The summed E-state index contributed by atoms with van der Waals surface area (Å²) in [6.07, 6.45) is 2.56. The molecule has 4 heteroatoms. The maximum absolute atomic E-state index is 13.2. The highest BCUT2D eigenvalue weighted by molar-refractivity contribution is 5.90. The maximum atomic E-state index is 13.2. The molecule has 4 aromatic rings. The minimum atomic E-state index is -0.879. The van der Waals surface area contributed by atoms with Crippen LogP contribution in [0.2, 0.25) is 0 Å². The molecule has 1 saturated heterocycles. The predicted octanol–water partition coefficient (Wildman–Crippen LogP) is 6.84. The minimum Gasteiger partial charge on any atom is -0.489 e. The summed E-state index contributed by atoms with van der Waals surface area (Å²) in [5.41, 5.74) is 9.48. The molecule has 0 bridgehead atoms. The lowest BCUT2D eigenvalue weighted by Gasteiger charge is -2.40. The molecular weight excluding hydrogens is 480 g/mol. The van der Waals surface area contributed by atoms with E-state index in [0.717, 1.165) is 42.8 Å². The van der Waals surface area contributed by atoms with Crippen molar-refractivity contribution in [1.29, 1.82) is 0 Å². The summed E-state index contributed by atoms with van der Waals surface area (Å²) in [6.45, 7) is 6.35. The number of hydrogen-bond donors (Lipinski definition) is 1. The van der Waals surface area contributed by atoms with Gasteiger partial charge in [-0.2, -0.15) is 0 Å². The Balaban J connectivity index is 1.27. The fourth-order valence-electron chi connectivity index (χ4n) is 5.88. The summed E-state index contributed by atoms with van der Waals surface area (Å²) in [5, 5.41) is 0. The van der Waals surface area contributed by atoms with E-state index in [1.165, 1.54) is 11.1 Å². The summed E-state index contributed by atoms with van der Waals surface area (Å²) >= 11 is 0. The van der Waals surface area contributed by atoms with E-state index >= 15 is 0 Å². The van der Waals surface area contributed by atoms with Crippen LogP contribution in [0.4, 0.5) is 0 Å². The largest absolute Gasteiger partial charge is 0.489 e. The minimum absolute atomic E-state index is 0.125. The van der Waals surface area contributed by atoms with Crippen molar-refractivity contribution in [2.24, 2.45) is 5.73 Å². The molecule has 4 nitrogen and oxygen atoms in total. The van der Waals surface area contributed by atoms with Crippen molar-refractivity contribution in [3.05, 3.63) is 126 Å². The number of likely N-dealkylation sites (tertiary alicyclic amines) is 1. The molecule has 5 rings (SSSR count). The van der Waals surface area contributed by atoms with Gasteiger partial charge in [0.25, 0.3) is 0 Å². The fraction of sp³-hybridized carbons (Fsp3) is 0.286. The Bertz CT molecular complexity index is 1310. The van der Waals surface area contributed by atoms with Gasteiger partial charge >= 0.3 is 0 Å². The van der Waals surface area contributed by atoms with Crippen molar-refractivity contribution in [2.45, 2.75) is 50.2 Å². The SMILES string of the molecule is CC(C)(CCC(C(N)=O)(c1ccccc1)c1ccccc1)N1CC[C@H](Oc2ccc(-c3ccccc3)cc2)C1. The van der Waals surface area contributed by atoms with Gasteiger partial charge in [-0.1, -0.05) is 103 Å². The molecule has 1 aliphatic heterocycles. The third kappa shape index (κ3) is 5.76. The van der Waals surface area contributed by atoms with E-state index < -0.39 is 5.41 Å². The number of carbonyl (C=O) groups excluding carboxylic acids is 1. The van der Waals surface area contributed by atoms with Crippen molar-refractivity contribution in [2.75, 3.05) is 13.1 Å². The molecule has 0 radical (unpaired) electrons. The monoisotopic (exact) mass is 518 g/mol. The number of benzene rings is 4. The van der Waals surface area contributed by atoms with E-state index in [9.17, 15) is 4.79 Å². The van der Waals surface area contributed by atoms with Crippen LogP contribution in [-0.2, 0) is 10.2 Å². The van der Waals surface area contributed by atoms with Gasteiger partial charge in [0.1, 0.15) is 11.9 Å². The zero-order valence-corrected chi connectivity index (χ0v) is 22.9. The molecular formula is C35H38N2O2. The molecule has 39 heavy (non-hydrogen) atoms. The topological polar surface area (TPSA) is 55.6 Å². The second kappa shape index (κ2) is 11.5. The van der Waals surface area contributed by atoms with Crippen LogP contribution in [0.15, 0.2) is 115 Å². The third-order valence-electron chi connectivity index (χ3n) is 8.33. The van der Waals surface area contributed by atoms with Crippen molar-refractivity contribution in [1.82, 2.24) is 4.90 Å². The zero-order valence-electron chi connectivity index (χ0n) is 22.9. The lowest BCUT2D eigenvalue weighted by Crippen LogP contribution is -2.47. The smallest absolute Gasteiger partial charge is 0.232 e. The highest BCUT2D eigenvalue weighted by Gasteiger charge is 2.43. The Labute approximate surface area is 232 Å². The van der Waals surface area contributed by atoms with Gasteiger partial charge in [0.15, 0.2) is 0 Å². The van der Waals surface area contributed by atoms with E-state index in [1.807, 2.05) is 66.7 Å². The number of primary amides is 1. The van der Waals surface area contributed by atoms with Crippen LogP contribution in [0.25, 0.3) is 11.1 Å². The molecule has 2 N–H and O–H groups in total. The second-order valence-electron chi connectivity index (χ2n) is 11.2. The van der Waals surface area contributed by atoms with Crippen molar-refractivity contribution < 1.29 is 9.53 Å². The lowest BCUT2D eigenvalue weighted by atomic mass is 9.69. The first kappa shape index (κ1) is 26.7. The highest BCUT2D eigenvalue weighted by atomic mass is 16.5. The van der Waals surface area contributed by atoms with Gasteiger partial charge < -0.3 is 10.5 Å². The van der Waals surface area contributed by atoms with Crippen molar-refractivity contribution in [3.63, 3.8) is 0 Å². The van der Waals surface area contributed by atoms with Gasteiger partial charge in [0.2, 0.25) is 5.91 Å². The number of carbonyl (C=O) groups is 1. The average molecular weight is 519 g/mol. The van der Waals surface area contributed by atoms with Crippen molar-refractivity contribution in [3.8, 4) is 16.9 Å². The Hall–Kier alpha value is -3.89. The first-order chi connectivity index (χ1) is 18.9. The summed E-state index contributed by atoms with van der Waals surface area (Å²) in [4.78, 5) is 15.7. The molecule has 200 valence electrons. The van der Waals surface area contributed by atoms with Gasteiger partial charge in [0, 0.05) is 18.6 Å². The molecule has 0 aliphatic carbocycles. The van der Waals surface area contributed by atoms with Gasteiger partial charge in [-0.3, -0.25) is 9.69 Å². The van der Waals surface area contributed by atoms with Crippen molar-refractivity contribution >= 4 is 5.91 Å². The number of hydrogen-bond acceptors (Lipinski definition) is 3. The Morgan fingerprint density at radius 1 is 0.769 bits per heavy atom. The van der Waals surface area contributed by atoms with E-state index in [-0.39, 0.29) is 17.6 Å². The number of amides is 1. The van der Waals surface area contributed by atoms with Crippen LogP contribution >= 0.6 is 0 Å². The number of nitrogens with two attached hydrogens (primary N) is 1. The quantitative estimate of drug-likeness (QED) is 0.250. The lowest BCUT2D eigenvalue weighted by molar-refractivity contribution is -0.122. The Morgan fingerprint density at radius 3 is 1.82 bits per heavy atom. The van der Waals surface area contributed by atoms with Crippen LogP contribution in [0.5, 0.6) is 5.75 Å². The molecule has 1 aliphatic rings. The first-order valence-electron chi connectivity index (χ1n) is 13.9. The average Bonchev–Trinajstić information content (AvgIpc) is 3.45. The number of nitrogens with zero attached hydrogens (tertiary/aromatic N) is 1. The molecule has 1 heterocycles. The fourth-order valence-corrected chi connectivity index (χ4v) is 5.88. The molecule has 1 fully saturated rings. The Kier molecular flexibility index (Phi) is 7.85. The molecule has 4 aromatic carbocycles. The normalized spacial score (nSPS) is 16.2. The molecule has 0 spiro atoms. The van der Waals surface area contributed by atoms with Gasteiger partial charge in [-0.05, 0) is 67.5 Å². The summed E-state index contributed by atoms with van der Waals surface area (Å²) in [6, 6.07) is 38.7. The number of ether oxygens (including phenoxy) is 1. The van der Waals surface area contributed by atoms with Gasteiger partial charge in [0.05, 0.1) is 5.41 Å². The standard InChI is InChI=1S/C35H38N2O2/c1-34(2,23-24-35(33(36)38,29-14-8-4-9-15-29)30-16-10-5-11-17-30)37-25-22-32(26-37)39-31-20-18-28(19-21-31)27-12-6-3-7-13-27/h3-21,32H,22-26H2,1-2H3,(H2,36,38)/t32-/m0/s1. The molecule has 0 unspecified atom stereocenters. The molecule has 0 saturated carbocycles. The van der Waals surface area contributed by atoms with E-state index in [4.69, 9.17) is 10.5 Å². The van der Waals surface area contributed by atoms with E-state index in [1.54, 1.807) is 0 Å². The third-order valence-corrected chi connectivity index (χ3v) is 8.33. The van der Waals surface area contributed by atoms with Crippen LogP contribution in [-0.4, -0.2) is 35.5 Å². The van der Waals surface area contributed by atoms with E-state index in [2.05, 4.69) is 67.3 Å². The van der Waals surface area contributed by atoms with Crippen LogP contribution in [0, 0.1) is 0 Å². The molecule has 1 atom stereocenters. The van der Waals surface area contributed by atoms with Gasteiger partial charge in [-0.25, -0.2) is 0 Å². The number of rotatable bonds is 10. The van der Waals surface area contributed by atoms with E-state index in [0.29, 0.717) is 6.42 Å². The molecule has 0 aromatic heterocycles. The summed E-state index contributed by atoms with van der Waals surface area (Å²) in [7, 11) is 0. The summed E-state index contributed by atoms with van der Waals surface area (Å²) in [5.74, 6) is 0.595. The van der Waals surface area contributed by atoms with Crippen LogP contribution in [0.1, 0.15) is 44.2 Å². The highest BCUT2D eigenvalue weighted by Crippen LogP contribution is 2.40. The summed E-state index contributed by atoms with van der Waals surface area (Å²) < 4.78 is 6.40. The van der Waals surface area contributed by atoms with Gasteiger partial charge in [-0.15, -0.1) is 0 Å². The second-order valence-corrected chi connectivity index (χ2v) is 11.2. The molecule has 1 amide bonds. The maximum Gasteiger partial charge on any atom is 0.232 e.